The lowest BCUT2D eigenvalue weighted by atomic mass is 10.1. The van der Waals surface area contributed by atoms with Crippen LogP contribution >= 0.6 is 24.0 Å². The number of benzene rings is 1. The molecule has 148 valence electrons. The first kappa shape index (κ1) is 23.0. The molecule has 1 heterocycles. The van der Waals surface area contributed by atoms with Gasteiger partial charge in [-0.15, -0.1) is 24.0 Å². The summed E-state index contributed by atoms with van der Waals surface area (Å²) in [5.74, 6) is 0.821. The predicted molar refractivity (Wildman–Crippen MR) is 122 cm³/mol. The topological polar surface area (TPSA) is 61.7 Å². The van der Waals surface area contributed by atoms with Crippen LogP contribution in [-0.2, 0) is 20.0 Å². The van der Waals surface area contributed by atoms with Crippen molar-refractivity contribution in [2.45, 2.75) is 19.9 Å². The molecule has 6 nitrogen and oxygen atoms in total. The largest absolute Gasteiger partial charge is 0.357 e. The van der Waals surface area contributed by atoms with Gasteiger partial charge in [0.05, 0.1) is 6.54 Å². The van der Waals surface area contributed by atoms with Gasteiger partial charge in [-0.2, -0.15) is 0 Å². The molecule has 1 aromatic heterocycles. The number of aromatic nitrogens is 1. The minimum atomic E-state index is -0.0639. The van der Waals surface area contributed by atoms with E-state index in [9.17, 15) is 4.79 Å². The number of rotatable bonds is 7. The van der Waals surface area contributed by atoms with Crippen LogP contribution in [0.4, 0.5) is 0 Å². The zero-order valence-corrected chi connectivity index (χ0v) is 18.9. The zero-order chi connectivity index (χ0) is 18.9. The predicted octanol–water partition coefficient (Wildman–Crippen LogP) is 2.64. The molecule has 0 aliphatic heterocycles. The summed E-state index contributed by atoms with van der Waals surface area (Å²) >= 11 is 0. The molecule has 0 fully saturated rings. The highest BCUT2D eigenvalue weighted by Gasteiger charge is 2.08. The van der Waals surface area contributed by atoms with Gasteiger partial charge in [0.2, 0.25) is 0 Å². The van der Waals surface area contributed by atoms with Gasteiger partial charge in [-0.25, -0.2) is 0 Å². The third kappa shape index (κ3) is 6.89. The van der Waals surface area contributed by atoms with E-state index in [0.29, 0.717) is 12.1 Å². The summed E-state index contributed by atoms with van der Waals surface area (Å²) in [6.45, 7) is 4.35. The van der Waals surface area contributed by atoms with Crippen LogP contribution in [0.15, 0.2) is 47.6 Å². The number of amides is 1. The Morgan fingerprint density at radius 3 is 2.67 bits per heavy atom. The van der Waals surface area contributed by atoms with Crippen LogP contribution in [0.2, 0.25) is 0 Å². The number of hydrogen-bond donors (Lipinski definition) is 2. The first-order chi connectivity index (χ1) is 12.5. The van der Waals surface area contributed by atoms with Crippen LogP contribution < -0.4 is 10.6 Å². The molecule has 0 aliphatic rings. The van der Waals surface area contributed by atoms with Gasteiger partial charge in [0.1, 0.15) is 0 Å². The summed E-state index contributed by atoms with van der Waals surface area (Å²) in [4.78, 5) is 18.6. The first-order valence-electron chi connectivity index (χ1n) is 8.95. The molecule has 0 aliphatic carbocycles. The Morgan fingerprint density at radius 2 is 2.04 bits per heavy atom. The number of hydrogen-bond acceptors (Lipinski definition) is 2. The molecule has 0 saturated carbocycles. The normalized spacial score (nSPS) is 10.9. The van der Waals surface area contributed by atoms with E-state index in [1.807, 2.05) is 50.6 Å². The van der Waals surface area contributed by atoms with Crippen molar-refractivity contribution in [2.24, 2.45) is 12.0 Å². The molecule has 2 aromatic rings. The fraction of sp³-hybridized carbons (Fsp3) is 0.400. The quantitative estimate of drug-likeness (QED) is 0.362. The lowest BCUT2D eigenvalue weighted by Gasteiger charge is -2.22. The summed E-state index contributed by atoms with van der Waals surface area (Å²) in [5.41, 5.74) is 3.02. The number of carbonyl (C=O) groups is 1. The lowest BCUT2D eigenvalue weighted by Crippen LogP contribution is -2.39. The fourth-order valence-corrected chi connectivity index (χ4v) is 2.75. The number of nitrogens with one attached hydrogen (secondary N) is 2. The average molecular weight is 483 g/mol. The lowest BCUT2D eigenvalue weighted by molar-refractivity contribution is 0.0963. The summed E-state index contributed by atoms with van der Waals surface area (Å²) < 4.78 is 2.12. The summed E-state index contributed by atoms with van der Waals surface area (Å²) in [6, 6.07) is 11.9. The number of nitrogens with zero attached hydrogens (tertiary/aromatic N) is 3. The third-order valence-corrected chi connectivity index (χ3v) is 4.23. The van der Waals surface area contributed by atoms with E-state index >= 15 is 0 Å². The van der Waals surface area contributed by atoms with Crippen molar-refractivity contribution in [3.63, 3.8) is 0 Å². The van der Waals surface area contributed by atoms with E-state index in [0.717, 1.165) is 31.0 Å². The van der Waals surface area contributed by atoms with E-state index in [4.69, 9.17) is 4.99 Å². The molecular formula is C20H30IN5O. The highest BCUT2D eigenvalue weighted by atomic mass is 127. The molecule has 7 heteroatoms. The smallest absolute Gasteiger partial charge is 0.251 e. The molecule has 0 bridgehead atoms. The Kier molecular flexibility index (Phi) is 9.92. The summed E-state index contributed by atoms with van der Waals surface area (Å²) in [5, 5.41) is 6.00. The van der Waals surface area contributed by atoms with E-state index in [1.54, 1.807) is 7.05 Å². The van der Waals surface area contributed by atoms with Gasteiger partial charge in [-0.3, -0.25) is 9.79 Å². The van der Waals surface area contributed by atoms with Gasteiger partial charge in [0.25, 0.3) is 5.91 Å². The molecule has 0 saturated heterocycles. The van der Waals surface area contributed by atoms with Crippen LogP contribution in [0.5, 0.6) is 0 Å². The second-order valence-corrected chi connectivity index (χ2v) is 6.23. The van der Waals surface area contributed by atoms with Gasteiger partial charge in [-0.05, 0) is 43.2 Å². The first-order valence-corrected chi connectivity index (χ1v) is 8.95. The van der Waals surface area contributed by atoms with Crippen molar-refractivity contribution in [3.8, 4) is 0 Å². The monoisotopic (exact) mass is 483 g/mol. The molecule has 0 spiro atoms. The minimum Gasteiger partial charge on any atom is -0.357 e. The summed E-state index contributed by atoms with van der Waals surface area (Å²) in [7, 11) is 5.73. The number of aryl methyl sites for hydroxylation is 1. The molecule has 0 unspecified atom stereocenters. The van der Waals surface area contributed by atoms with Crippen molar-refractivity contribution in [2.75, 3.05) is 27.2 Å². The maximum atomic E-state index is 11.7. The van der Waals surface area contributed by atoms with Crippen LogP contribution in [0, 0.1) is 0 Å². The molecule has 0 radical (unpaired) electrons. The van der Waals surface area contributed by atoms with Gasteiger partial charge >= 0.3 is 0 Å². The van der Waals surface area contributed by atoms with Gasteiger partial charge in [0.15, 0.2) is 5.96 Å². The maximum absolute atomic E-state index is 11.7. The van der Waals surface area contributed by atoms with Gasteiger partial charge in [-0.1, -0.05) is 12.1 Å². The van der Waals surface area contributed by atoms with E-state index in [1.165, 1.54) is 5.69 Å². The molecule has 0 atom stereocenters. The molecule has 27 heavy (non-hydrogen) atoms. The van der Waals surface area contributed by atoms with Crippen molar-refractivity contribution in [1.82, 2.24) is 20.1 Å². The molecular weight excluding hydrogens is 453 g/mol. The van der Waals surface area contributed by atoms with Gasteiger partial charge in [0, 0.05) is 51.7 Å². The number of carbonyl (C=O) groups excluding carboxylic acids is 1. The SMILES string of the molecule is CCNC(=NCCc1cccc(C(=O)NC)c1)N(C)Cc1cccn1C.I. The van der Waals surface area contributed by atoms with E-state index < -0.39 is 0 Å². The van der Waals surface area contributed by atoms with Crippen molar-refractivity contribution < 1.29 is 4.79 Å². The fourth-order valence-electron chi connectivity index (χ4n) is 2.75. The molecule has 2 N–H and O–H groups in total. The van der Waals surface area contributed by atoms with Gasteiger partial charge < -0.3 is 20.1 Å². The number of guanidine groups is 1. The maximum Gasteiger partial charge on any atom is 0.251 e. The molecule has 2 rings (SSSR count). The summed E-state index contributed by atoms with van der Waals surface area (Å²) in [6.07, 6.45) is 2.84. The zero-order valence-electron chi connectivity index (χ0n) is 16.5. The standard InChI is InChI=1S/C20H29N5O.HI/c1-5-22-20(25(4)15-18-10-7-13-24(18)3)23-12-11-16-8-6-9-17(14-16)19(26)21-2;/h6-10,13-14H,5,11-12,15H2,1-4H3,(H,21,26)(H,22,23);1H. The van der Waals surface area contributed by atoms with Crippen molar-refractivity contribution >= 4 is 35.8 Å². The van der Waals surface area contributed by atoms with Crippen molar-refractivity contribution in [3.05, 3.63) is 59.4 Å². The molecule has 1 aromatic carbocycles. The number of halogens is 1. The van der Waals surface area contributed by atoms with Crippen molar-refractivity contribution in [1.29, 1.82) is 0 Å². The molecule has 1 amide bonds. The minimum absolute atomic E-state index is 0. The highest BCUT2D eigenvalue weighted by molar-refractivity contribution is 14.0. The second-order valence-electron chi connectivity index (χ2n) is 6.23. The third-order valence-electron chi connectivity index (χ3n) is 4.23. The highest BCUT2D eigenvalue weighted by Crippen LogP contribution is 2.07. The Balaban J connectivity index is 0.00000364. The Morgan fingerprint density at radius 1 is 1.26 bits per heavy atom. The van der Waals surface area contributed by atoms with E-state index in [2.05, 4.69) is 33.1 Å². The Hall–Kier alpha value is -2.03. The second kappa shape index (κ2) is 11.6. The van der Waals surface area contributed by atoms with Crippen LogP contribution in [0.1, 0.15) is 28.5 Å². The number of aliphatic imine (C=N–C) groups is 1. The Bertz CT molecular complexity index is 756. The van der Waals surface area contributed by atoms with Crippen LogP contribution in [-0.4, -0.2) is 48.5 Å². The van der Waals surface area contributed by atoms with Crippen LogP contribution in [0.25, 0.3) is 0 Å². The Labute approximate surface area is 179 Å². The van der Waals surface area contributed by atoms with E-state index in [-0.39, 0.29) is 29.9 Å². The van der Waals surface area contributed by atoms with Crippen LogP contribution in [0.3, 0.4) is 0 Å². The average Bonchev–Trinajstić information content (AvgIpc) is 3.05.